The number of amidine groups is 1. The molecule has 8 heteroatoms. The van der Waals surface area contributed by atoms with Crippen molar-refractivity contribution in [3.63, 3.8) is 0 Å². The highest BCUT2D eigenvalue weighted by atomic mass is 16.2. The number of nitrogens with zero attached hydrogens (tertiary/aromatic N) is 4. The molecule has 0 bridgehead atoms. The van der Waals surface area contributed by atoms with E-state index < -0.39 is 11.9 Å². The van der Waals surface area contributed by atoms with E-state index in [1.54, 1.807) is 4.90 Å². The van der Waals surface area contributed by atoms with Crippen LogP contribution in [0.25, 0.3) is 0 Å². The molecule has 1 saturated carbocycles. The Morgan fingerprint density at radius 1 is 1.25 bits per heavy atom. The van der Waals surface area contributed by atoms with E-state index in [0.717, 1.165) is 37.2 Å². The zero-order chi connectivity index (χ0) is 22.2. The number of aliphatic imine (C=N–C) groups is 1. The molecule has 2 aliphatic heterocycles. The number of hydrogen-bond acceptors (Lipinski definition) is 4. The Bertz CT molecular complexity index is 1040. The number of amides is 3. The van der Waals surface area contributed by atoms with Gasteiger partial charge in [0.2, 0.25) is 5.91 Å². The van der Waals surface area contributed by atoms with Crippen LogP contribution in [0.1, 0.15) is 68.4 Å². The highest BCUT2D eigenvalue weighted by Gasteiger charge is 2.46. The predicted octanol–water partition coefficient (Wildman–Crippen LogP) is 3.33. The van der Waals surface area contributed by atoms with Crippen molar-refractivity contribution in [2.24, 2.45) is 10.7 Å². The third-order valence-electron chi connectivity index (χ3n) is 6.80. The molecule has 0 radical (unpaired) electrons. The number of benzene rings is 1. The molecule has 1 fully saturated rings. The molecule has 8 nitrogen and oxygen atoms in total. The number of rotatable bonds is 7. The van der Waals surface area contributed by atoms with Gasteiger partial charge in [0.05, 0.1) is 12.6 Å². The van der Waals surface area contributed by atoms with E-state index in [1.807, 2.05) is 25.1 Å². The van der Waals surface area contributed by atoms with E-state index in [1.165, 1.54) is 23.3 Å². The molecule has 3 amide bonds. The average molecular weight is 435 g/mol. The second-order valence-corrected chi connectivity index (χ2v) is 9.07. The van der Waals surface area contributed by atoms with Gasteiger partial charge >= 0.3 is 6.03 Å². The van der Waals surface area contributed by atoms with Crippen molar-refractivity contribution in [2.75, 3.05) is 11.4 Å². The first kappa shape index (κ1) is 20.7. The van der Waals surface area contributed by atoms with Crippen LogP contribution < -0.4 is 10.6 Å². The number of H-pyrrole nitrogens is 1. The van der Waals surface area contributed by atoms with Crippen LogP contribution in [-0.4, -0.2) is 51.3 Å². The minimum absolute atomic E-state index is 0.0411. The minimum atomic E-state index is -0.722. The van der Waals surface area contributed by atoms with Gasteiger partial charge in [0.25, 0.3) is 0 Å². The number of anilines is 1. The summed E-state index contributed by atoms with van der Waals surface area (Å²) in [5.74, 6) is 1.88. The van der Waals surface area contributed by atoms with Gasteiger partial charge in [-0.05, 0) is 31.2 Å². The van der Waals surface area contributed by atoms with Crippen LogP contribution in [0.5, 0.6) is 0 Å². The SMILES string of the molecule is CCCC(C(N)=O)N1C(=O)N2C[C@@H](Cc3ccccc3)N=C2c2[nH]c(C3CCCC3)nc21. The standard InChI is InChI=1S/C24H30N6O2/c1-2-8-18(20(25)31)30-23-19(27-21(28-23)16-11-6-7-12-16)22-26-17(14-29(22)24(30)32)13-15-9-4-3-5-10-15/h3-5,9-10,16-18H,2,6-8,11-14H2,1H3,(H2,25,31)(H,27,28)/t17-,18?/m1/s1. The molecule has 1 unspecified atom stereocenters. The fraction of sp³-hybridized carbons (Fsp3) is 0.500. The Kier molecular flexibility index (Phi) is 5.45. The third-order valence-corrected chi connectivity index (χ3v) is 6.80. The molecule has 0 saturated heterocycles. The maximum absolute atomic E-state index is 13.6. The van der Waals surface area contributed by atoms with Gasteiger partial charge in [-0.1, -0.05) is 56.5 Å². The first-order valence-corrected chi connectivity index (χ1v) is 11.7. The molecule has 2 atom stereocenters. The number of carbonyl (C=O) groups excluding carboxylic acids is 2. The summed E-state index contributed by atoms with van der Waals surface area (Å²) < 4.78 is 0. The normalized spacial score (nSPS) is 21.5. The zero-order valence-electron chi connectivity index (χ0n) is 18.5. The largest absolute Gasteiger partial charge is 0.368 e. The van der Waals surface area contributed by atoms with Crippen molar-refractivity contribution in [1.29, 1.82) is 0 Å². The van der Waals surface area contributed by atoms with Gasteiger partial charge in [0.1, 0.15) is 17.6 Å². The molecule has 3 N–H and O–H groups in total. The summed E-state index contributed by atoms with van der Waals surface area (Å²) in [6.45, 7) is 2.47. The van der Waals surface area contributed by atoms with Crippen LogP contribution in [0.3, 0.4) is 0 Å². The van der Waals surface area contributed by atoms with Crippen molar-refractivity contribution in [2.45, 2.75) is 69.9 Å². The van der Waals surface area contributed by atoms with Gasteiger partial charge in [0.15, 0.2) is 11.7 Å². The van der Waals surface area contributed by atoms with E-state index >= 15 is 0 Å². The Labute approximate surface area is 187 Å². The van der Waals surface area contributed by atoms with E-state index in [9.17, 15) is 9.59 Å². The maximum Gasteiger partial charge on any atom is 0.332 e. The zero-order valence-corrected chi connectivity index (χ0v) is 18.5. The summed E-state index contributed by atoms with van der Waals surface area (Å²) in [5, 5.41) is 0. The van der Waals surface area contributed by atoms with Crippen molar-refractivity contribution in [3.05, 3.63) is 47.4 Å². The van der Waals surface area contributed by atoms with Crippen molar-refractivity contribution >= 4 is 23.6 Å². The Balaban J connectivity index is 1.54. The number of urea groups is 1. The molecule has 0 spiro atoms. The smallest absolute Gasteiger partial charge is 0.332 e. The van der Waals surface area contributed by atoms with Crippen LogP contribution in [0.15, 0.2) is 35.3 Å². The van der Waals surface area contributed by atoms with E-state index in [-0.39, 0.29) is 12.1 Å². The second kappa shape index (κ2) is 8.41. The van der Waals surface area contributed by atoms with Crippen LogP contribution in [0, 0.1) is 0 Å². The fourth-order valence-corrected chi connectivity index (χ4v) is 5.22. The summed E-state index contributed by atoms with van der Waals surface area (Å²) in [5.41, 5.74) is 7.67. The molecular formula is C24H30N6O2. The molecule has 168 valence electrons. The highest BCUT2D eigenvalue weighted by Crippen LogP contribution is 2.38. The lowest BCUT2D eigenvalue weighted by Gasteiger charge is -2.36. The first-order chi connectivity index (χ1) is 15.6. The van der Waals surface area contributed by atoms with Crippen LogP contribution >= 0.6 is 0 Å². The number of aromatic amines is 1. The Morgan fingerprint density at radius 3 is 2.69 bits per heavy atom. The topological polar surface area (TPSA) is 108 Å². The maximum atomic E-state index is 13.6. The number of hydrogen-bond donors (Lipinski definition) is 2. The average Bonchev–Trinajstić information content (AvgIpc) is 3.53. The molecule has 2 aromatic rings. The summed E-state index contributed by atoms with van der Waals surface area (Å²) in [6, 6.07) is 9.16. The molecule has 3 heterocycles. The van der Waals surface area contributed by atoms with Gasteiger partial charge in [0, 0.05) is 5.92 Å². The molecule has 1 aliphatic carbocycles. The van der Waals surface area contributed by atoms with Crippen molar-refractivity contribution in [3.8, 4) is 0 Å². The van der Waals surface area contributed by atoms with Gasteiger partial charge in [-0.2, -0.15) is 0 Å². The quantitative estimate of drug-likeness (QED) is 0.698. The lowest BCUT2D eigenvalue weighted by molar-refractivity contribution is -0.119. The van der Waals surface area contributed by atoms with Crippen molar-refractivity contribution < 1.29 is 9.59 Å². The van der Waals surface area contributed by atoms with E-state index in [2.05, 4.69) is 17.1 Å². The van der Waals surface area contributed by atoms with Crippen LogP contribution in [0.4, 0.5) is 10.6 Å². The van der Waals surface area contributed by atoms with Gasteiger partial charge in [-0.25, -0.2) is 9.78 Å². The number of aromatic nitrogens is 2. The summed E-state index contributed by atoms with van der Waals surface area (Å²) in [6.07, 6.45) is 6.53. The highest BCUT2D eigenvalue weighted by molar-refractivity contribution is 6.20. The number of nitrogens with one attached hydrogen (secondary N) is 1. The molecule has 3 aliphatic rings. The molecule has 32 heavy (non-hydrogen) atoms. The minimum Gasteiger partial charge on any atom is -0.368 e. The van der Waals surface area contributed by atoms with Crippen molar-refractivity contribution in [1.82, 2.24) is 14.9 Å². The summed E-state index contributed by atoms with van der Waals surface area (Å²) in [4.78, 5) is 42.5. The number of imidazole rings is 1. The monoisotopic (exact) mass is 434 g/mol. The first-order valence-electron chi connectivity index (χ1n) is 11.7. The van der Waals surface area contributed by atoms with Gasteiger partial charge in [-0.3, -0.25) is 19.6 Å². The number of nitrogens with two attached hydrogens (primary N) is 1. The summed E-state index contributed by atoms with van der Waals surface area (Å²) in [7, 11) is 0. The summed E-state index contributed by atoms with van der Waals surface area (Å²) >= 11 is 0. The molecule has 5 rings (SSSR count). The molecule has 1 aromatic carbocycles. The third kappa shape index (κ3) is 3.57. The second-order valence-electron chi connectivity index (χ2n) is 9.07. The van der Waals surface area contributed by atoms with Crippen LogP contribution in [0.2, 0.25) is 0 Å². The van der Waals surface area contributed by atoms with Gasteiger partial charge in [-0.15, -0.1) is 0 Å². The number of primary amides is 1. The van der Waals surface area contributed by atoms with E-state index in [4.69, 9.17) is 15.7 Å². The number of carbonyl (C=O) groups is 2. The lowest BCUT2D eigenvalue weighted by Crippen LogP contribution is -2.57. The molecular weight excluding hydrogens is 404 g/mol. The van der Waals surface area contributed by atoms with E-state index in [0.29, 0.717) is 30.5 Å². The Morgan fingerprint density at radius 2 is 2.00 bits per heavy atom. The van der Waals surface area contributed by atoms with Gasteiger partial charge < -0.3 is 10.7 Å². The number of fused-ring (bicyclic) bond motifs is 3. The Hall–Kier alpha value is -3.16. The lowest BCUT2D eigenvalue weighted by atomic mass is 10.1. The fourth-order valence-electron chi connectivity index (χ4n) is 5.22. The molecule has 1 aromatic heterocycles. The predicted molar refractivity (Wildman–Crippen MR) is 123 cm³/mol. The van der Waals surface area contributed by atoms with Crippen LogP contribution in [-0.2, 0) is 11.2 Å².